The van der Waals surface area contributed by atoms with E-state index >= 15 is 0 Å². The molecule has 1 aliphatic carbocycles. The highest BCUT2D eigenvalue weighted by Crippen LogP contribution is 2.34. The van der Waals surface area contributed by atoms with Gasteiger partial charge in [-0.15, -0.1) is 0 Å². The van der Waals surface area contributed by atoms with Crippen molar-refractivity contribution in [3.63, 3.8) is 0 Å². The van der Waals surface area contributed by atoms with Crippen molar-refractivity contribution < 1.29 is 0 Å². The summed E-state index contributed by atoms with van der Waals surface area (Å²) in [6.07, 6.45) is 8.02. The molecule has 0 fully saturated rings. The number of hydrogen-bond acceptors (Lipinski definition) is 5. The highest BCUT2D eigenvalue weighted by molar-refractivity contribution is 5.54. The van der Waals surface area contributed by atoms with Gasteiger partial charge in [-0.1, -0.05) is 32.0 Å². The molecule has 4 aromatic rings. The molecule has 0 radical (unpaired) electrons. The SMILES string of the molecule is Cc1cccc(-c2cccc(CCCc3cccc(-c4ncc5c(n4)CC(C)(C)CC5)n3)n2)n1. The Morgan fingerprint density at radius 2 is 1.41 bits per heavy atom. The minimum Gasteiger partial charge on any atom is -0.251 e. The molecule has 0 N–H and O–H groups in total. The Morgan fingerprint density at radius 3 is 2.15 bits per heavy atom. The first-order valence-electron chi connectivity index (χ1n) is 12.2. The number of pyridine rings is 3. The molecule has 172 valence electrons. The van der Waals surface area contributed by atoms with E-state index in [0.717, 1.165) is 72.1 Å². The number of nitrogens with zero attached hydrogens (tertiary/aromatic N) is 5. The van der Waals surface area contributed by atoms with Crippen molar-refractivity contribution in [2.24, 2.45) is 5.41 Å². The van der Waals surface area contributed by atoms with Gasteiger partial charge in [-0.05, 0) is 92.8 Å². The lowest BCUT2D eigenvalue weighted by Crippen LogP contribution is -2.23. The highest BCUT2D eigenvalue weighted by atomic mass is 14.9. The molecular weight excluding hydrogens is 418 g/mol. The third kappa shape index (κ3) is 5.19. The first-order valence-corrected chi connectivity index (χ1v) is 12.2. The van der Waals surface area contributed by atoms with Crippen LogP contribution in [-0.4, -0.2) is 24.9 Å². The van der Waals surface area contributed by atoms with Gasteiger partial charge < -0.3 is 0 Å². The summed E-state index contributed by atoms with van der Waals surface area (Å²) >= 11 is 0. The molecule has 0 saturated carbocycles. The van der Waals surface area contributed by atoms with E-state index in [1.54, 1.807) is 0 Å². The number of hydrogen-bond donors (Lipinski definition) is 0. The van der Waals surface area contributed by atoms with Gasteiger partial charge in [0.15, 0.2) is 5.82 Å². The average Bonchev–Trinajstić information content (AvgIpc) is 2.83. The van der Waals surface area contributed by atoms with Crippen LogP contribution >= 0.6 is 0 Å². The minimum atomic E-state index is 0.300. The van der Waals surface area contributed by atoms with Crippen LogP contribution in [0.5, 0.6) is 0 Å². The van der Waals surface area contributed by atoms with E-state index in [0.29, 0.717) is 5.41 Å². The van der Waals surface area contributed by atoms with E-state index in [-0.39, 0.29) is 0 Å². The Balaban J connectivity index is 1.26. The molecule has 5 rings (SSSR count). The lowest BCUT2D eigenvalue weighted by Gasteiger charge is -2.30. The van der Waals surface area contributed by atoms with Crippen LogP contribution < -0.4 is 0 Å². The van der Waals surface area contributed by atoms with Crippen molar-refractivity contribution in [1.29, 1.82) is 0 Å². The Bertz CT molecular complexity index is 1310. The van der Waals surface area contributed by atoms with Gasteiger partial charge in [0.25, 0.3) is 0 Å². The molecule has 4 heterocycles. The maximum absolute atomic E-state index is 4.90. The molecule has 0 amide bonds. The summed E-state index contributed by atoms with van der Waals surface area (Å²) in [6, 6.07) is 18.4. The molecule has 0 aliphatic heterocycles. The maximum Gasteiger partial charge on any atom is 0.178 e. The van der Waals surface area contributed by atoms with Gasteiger partial charge in [0, 0.05) is 29.0 Å². The molecule has 0 atom stereocenters. The fourth-order valence-electron chi connectivity index (χ4n) is 4.58. The summed E-state index contributed by atoms with van der Waals surface area (Å²) in [4.78, 5) is 23.8. The quantitative estimate of drug-likeness (QED) is 0.361. The standard InChI is InChI=1S/C29H31N5/c1-20-8-4-13-24(31-20)25-14-6-11-22(32-25)9-5-10-23-12-7-15-26(33-23)28-30-19-21-16-17-29(2,3)18-27(21)34-28/h4,6-8,11-15,19H,5,9-10,16-18H2,1-3H3. The van der Waals surface area contributed by atoms with E-state index < -0.39 is 0 Å². The molecule has 4 aromatic heterocycles. The predicted molar refractivity (Wildman–Crippen MR) is 135 cm³/mol. The maximum atomic E-state index is 4.90. The first-order chi connectivity index (χ1) is 16.4. The molecule has 0 aromatic carbocycles. The van der Waals surface area contributed by atoms with Crippen molar-refractivity contribution in [3.8, 4) is 22.9 Å². The number of aromatic nitrogens is 5. The number of fused-ring (bicyclic) bond motifs is 1. The van der Waals surface area contributed by atoms with Crippen molar-refractivity contribution in [2.75, 3.05) is 0 Å². The van der Waals surface area contributed by atoms with Gasteiger partial charge in [-0.25, -0.2) is 15.0 Å². The third-order valence-electron chi connectivity index (χ3n) is 6.53. The summed E-state index contributed by atoms with van der Waals surface area (Å²) in [7, 11) is 0. The summed E-state index contributed by atoms with van der Waals surface area (Å²) < 4.78 is 0. The van der Waals surface area contributed by atoms with Crippen LogP contribution in [0.3, 0.4) is 0 Å². The van der Waals surface area contributed by atoms with E-state index in [1.165, 1.54) is 17.7 Å². The molecule has 34 heavy (non-hydrogen) atoms. The molecule has 0 saturated heterocycles. The minimum absolute atomic E-state index is 0.300. The lowest BCUT2D eigenvalue weighted by atomic mass is 9.77. The Morgan fingerprint density at radius 1 is 0.765 bits per heavy atom. The Kier molecular flexibility index (Phi) is 6.18. The molecule has 1 aliphatic rings. The second kappa shape index (κ2) is 9.41. The fraction of sp³-hybridized carbons (Fsp3) is 0.345. The van der Waals surface area contributed by atoms with Crippen molar-refractivity contribution in [1.82, 2.24) is 24.9 Å². The zero-order chi connectivity index (χ0) is 23.5. The predicted octanol–water partition coefficient (Wildman–Crippen LogP) is 5.99. The number of aryl methyl sites for hydroxylation is 4. The summed E-state index contributed by atoms with van der Waals surface area (Å²) in [5.41, 5.74) is 8.62. The van der Waals surface area contributed by atoms with Crippen LogP contribution in [0.2, 0.25) is 0 Å². The van der Waals surface area contributed by atoms with Gasteiger partial charge in [-0.2, -0.15) is 0 Å². The second-order valence-corrected chi connectivity index (χ2v) is 10.1. The Hall–Kier alpha value is -3.47. The summed E-state index contributed by atoms with van der Waals surface area (Å²) in [5, 5.41) is 0. The smallest absolute Gasteiger partial charge is 0.178 e. The molecular formula is C29H31N5. The van der Waals surface area contributed by atoms with Gasteiger partial charge in [0.05, 0.1) is 11.4 Å². The normalized spacial score (nSPS) is 14.6. The molecule has 0 spiro atoms. The largest absolute Gasteiger partial charge is 0.251 e. The van der Waals surface area contributed by atoms with Crippen LogP contribution in [0.15, 0.2) is 60.8 Å². The molecule has 0 unspecified atom stereocenters. The van der Waals surface area contributed by atoms with Gasteiger partial charge in [0.1, 0.15) is 5.69 Å². The number of rotatable bonds is 6. The van der Waals surface area contributed by atoms with E-state index in [2.05, 4.69) is 48.1 Å². The monoisotopic (exact) mass is 449 g/mol. The van der Waals surface area contributed by atoms with Crippen LogP contribution in [0.25, 0.3) is 22.9 Å². The van der Waals surface area contributed by atoms with E-state index in [9.17, 15) is 0 Å². The van der Waals surface area contributed by atoms with Crippen LogP contribution in [0, 0.1) is 12.3 Å². The first kappa shape index (κ1) is 22.3. The van der Waals surface area contributed by atoms with Crippen LogP contribution in [0.4, 0.5) is 0 Å². The molecule has 5 heteroatoms. The van der Waals surface area contributed by atoms with Crippen molar-refractivity contribution in [3.05, 3.63) is 89.1 Å². The summed E-state index contributed by atoms with van der Waals surface area (Å²) in [5.74, 6) is 0.735. The average molecular weight is 450 g/mol. The summed E-state index contributed by atoms with van der Waals surface area (Å²) in [6.45, 7) is 6.64. The Labute approximate surface area is 201 Å². The second-order valence-electron chi connectivity index (χ2n) is 10.1. The van der Waals surface area contributed by atoms with Gasteiger partial charge >= 0.3 is 0 Å². The van der Waals surface area contributed by atoms with E-state index in [4.69, 9.17) is 15.0 Å². The van der Waals surface area contributed by atoms with Crippen molar-refractivity contribution in [2.45, 2.75) is 59.3 Å². The molecule has 5 nitrogen and oxygen atoms in total. The topological polar surface area (TPSA) is 64.5 Å². The van der Waals surface area contributed by atoms with Crippen LogP contribution in [-0.2, 0) is 25.7 Å². The highest BCUT2D eigenvalue weighted by Gasteiger charge is 2.26. The van der Waals surface area contributed by atoms with E-state index in [1.807, 2.05) is 43.5 Å². The van der Waals surface area contributed by atoms with Gasteiger partial charge in [-0.3, -0.25) is 9.97 Å². The molecule has 0 bridgehead atoms. The van der Waals surface area contributed by atoms with Crippen molar-refractivity contribution >= 4 is 0 Å². The van der Waals surface area contributed by atoms with Gasteiger partial charge in [0.2, 0.25) is 0 Å². The zero-order valence-electron chi connectivity index (χ0n) is 20.3. The fourth-order valence-corrected chi connectivity index (χ4v) is 4.58. The zero-order valence-corrected chi connectivity index (χ0v) is 20.3. The lowest BCUT2D eigenvalue weighted by molar-refractivity contribution is 0.310. The van der Waals surface area contributed by atoms with Crippen LogP contribution in [0.1, 0.15) is 55.0 Å². The third-order valence-corrected chi connectivity index (χ3v) is 6.53.